The largest absolute Gasteiger partial charge is 0.477 e. The third-order valence-electron chi connectivity index (χ3n) is 3.26. The predicted octanol–water partition coefficient (Wildman–Crippen LogP) is 2.50. The number of aromatic nitrogens is 2. The van der Waals surface area contributed by atoms with E-state index >= 15 is 0 Å². The maximum absolute atomic E-state index is 5.73. The van der Waals surface area contributed by atoms with E-state index in [9.17, 15) is 0 Å². The molecule has 1 aromatic heterocycles. The molecule has 0 amide bonds. The Hall–Kier alpha value is -1.58. The second-order valence-electron chi connectivity index (χ2n) is 4.48. The first-order valence-electron chi connectivity index (χ1n) is 6.07. The highest BCUT2D eigenvalue weighted by Gasteiger charge is 2.19. The zero-order valence-corrected chi connectivity index (χ0v) is 10.4. The van der Waals surface area contributed by atoms with Crippen LogP contribution in [0.2, 0.25) is 0 Å². The third kappa shape index (κ3) is 3.19. The quantitative estimate of drug-likeness (QED) is 0.812. The van der Waals surface area contributed by atoms with Gasteiger partial charge in [-0.05, 0) is 24.7 Å². The molecular formula is C13H19N3O. The van der Waals surface area contributed by atoms with Crippen molar-refractivity contribution in [2.75, 3.05) is 19.0 Å². The maximum Gasteiger partial charge on any atom is 0.218 e. The van der Waals surface area contributed by atoms with Crippen molar-refractivity contribution in [1.29, 1.82) is 0 Å². The van der Waals surface area contributed by atoms with Gasteiger partial charge in [0.1, 0.15) is 12.1 Å². The first-order valence-corrected chi connectivity index (χ1v) is 6.07. The fourth-order valence-corrected chi connectivity index (χ4v) is 1.99. The Morgan fingerprint density at radius 1 is 1.35 bits per heavy atom. The summed E-state index contributed by atoms with van der Waals surface area (Å²) in [5.74, 6) is 2.70. The lowest BCUT2D eigenvalue weighted by atomic mass is 9.85. The fraction of sp³-hybridized carbons (Fsp3) is 0.538. The van der Waals surface area contributed by atoms with Crippen LogP contribution in [0.25, 0.3) is 0 Å². The summed E-state index contributed by atoms with van der Waals surface area (Å²) in [5.41, 5.74) is 0. The number of hydrogen-bond donors (Lipinski definition) is 1. The molecule has 2 atom stereocenters. The van der Waals surface area contributed by atoms with Crippen molar-refractivity contribution in [3.63, 3.8) is 0 Å². The molecule has 0 saturated carbocycles. The molecule has 0 aromatic carbocycles. The monoisotopic (exact) mass is 233 g/mol. The van der Waals surface area contributed by atoms with E-state index in [1.54, 1.807) is 0 Å². The summed E-state index contributed by atoms with van der Waals surface area (Å²) in [4.78, 5) is 8.16. The Kier molecular flexibility index (Phi) is 3.96. The van der Waals surface area contributed by atoms with Gasteiger partial charge < -0.3 is 10.1 Å². The first kappa shape index (κ1) is 11.9. The molecule has 4 heteroatoms. The Morgan fingerprint density at radius 3 is 2.94 bits per heavy atom. The molecule has 4 nitrogen and oxygen atoms in total. The van der Waals surface area contributed by atoms with E-state index < -0.39 is 0 Å². The molecule has 0 fully saturated rings. The highest BCUT2D eigenvalue weighted by Crippen LogP contribution is 2.25. The zero-order valence-electron chi connectivity index (χ0n) is 10.4. The van der Waals surface area contributed by atoms with Gasteiger partial charge in [-0.1, -0.05) is 19.1 Å². The lowest BCUT2D eigenvalue weighted by molar-refractivity contribution is 0.192. The van der Waals surface area contributed by atoms with Crippen molar-refractivity contribution in [2.24, 2.45) is 11.8 Å². The van der Waals surface area contributed by atoms with Crippen molar-refractivity contribution in [1.82, 2.24) is 9.97 Å². The standard InChI is InChI=1S/C13H19N3O/c1-10-5-3-4-6-11(10)8-17-13-7-12(14-2)15-9-16-13/h3-4,7,9-11H,5-6,8H2,1-2H3,(H,14,15,16). The molecule has 0 radical (unpaired) electrons. The van der Waals surface area contributed by atoms with Gasteiger partial charge in [0.25, 0.3) is 0 Å². The van der Waals surface area contributed by atoms with Crippen molar-refractivity contribution in [3.05, 3.63) is 24.5 Å². The molecule has 0 aliphatic heterocycles. The van der Waals surface area contributed by atoms with Crippen molar-refractivity contribution in [3.8, 4) is 5.88 Å². The van der Waals surface area contributed by atoms with Crippen molar-refractivity contribution >= 4 is 5.82 Å². The smallest absolute Gasteiger partial charge is 0.218 e. The van der Waals surface area contributed by atoms with Crippen LogP contribution >= 0.6 is 0 Å². The van der Waals surface area contributed by atoms with Gasteiger partial charge >= 0.3 is 0 Å². The van der Waals surface area contributed by atoms with E-state index in [0.29, 0.717) is 17.7 Å². The van der Waals surface area contributed by atoms with Gasteiger partial charge in [0.2, 0.25) is 5.88 Å². The Labute approximate surface area is 102 Å². The van der Waals surface area contributed by atoms with Gasteiger partial charge in [0.05, 0.1) is 6.61 Å². The van der Waals surface area contributed by atoms with Gasteiger partial charge in [0, 0.05) is 13.1 Å². The van der Waals surface area contributed by atoms with Crippen LogP contribution in [0.5, 0.6) is 5.88 Å². The summed E-state index contributed by atoms with van der Waals surface area (Å²) >= 11 is 0. The summed E-state index contributed by atoms with van der Waals surface area (Å²) in [6, 6.07) is 1.82. The van der Waals surface area contributed by atoms with Gasteiger partial charge in [0.15, 0.2) is 0 Å². The van der Waals surface area contributed by atoms with E-state index in [4.69, 9.17) is 4.74 Å². The molecule has 17 heavy (non-hydrogen) atoms. The molecule has 2 rings (SSSR count). The van der Waals surface area contributed by atoms with Crippen LogP contribution in [0.3, 0.4) is 0 Å². The molecule has 1 aliphatic rings. The maximum atomic E-state index is 5.73. The lowest BCUT2D eigenvalue weighted by Gasteiger charge is -2.24. The van der Waals surface area contributed by atoms with Crippen LogP contribution in [-0.2, 0) is 0 Å². The number of ether oxygens (including phenoxy) is 1. The van der Waals surface area contributed by atoms with Gasteiger partial charge in [-0.2, -0.15) is 0 Å². The Balaban J connectivity index is 1.90. The molecule has 2 unspecified atom stereocenters. The predicted molar refractivity (Wildman–Crippen MR) is 68.1 cm³/mol. The summed E-state index contributed by atoms with van der Waals surface area (Å²) in [6.45, 7) is 3.00. The average Bonchev–Trinajstić information content (AvgIpc) is 2.38. The molecule has 1 aliphatic carbocycles. The van der Waals surface area contributed by atoms with E-state index in [1.165, 1.54) is 6.33 Å². The Bertz CT molecular complexity index is 392. The Morgan fingerprint density at radius 2 is 2.18 bits per heavy atom. The SMILES string of the molecule is CNc1cc(OCC2CC=CCC2C)ncn1. The average molecular weight is 233 g/mol. The number of nitrogens with one attached hydrogen (secondary N) is 1. The highest BCUT2D eigenvalue weighted by molar-refractivity contribution is 5.35. The van der Waals surface area contributed by atoms with Crippen LogP contribution in [0, 0.1) is 11.8 Å². The summed E-state index contributed by atoms with van der Waals surface area (Å²) in [6.07, 6.45) is 8.27. The number of hydrogen-bond acceptors (Lipinski definition) is 4. The summed E-state index contributed by atoms with van der Waals surface area (Å²) in [5, 5.41) is 2.97. The molecule has 1 aromatic rings. The minimum atomic E-state index is 0.591. The van der Waals surface area contributed by atoms with E-state index in [-0.39, 0.29) is 0 Å². The van der Waals surface area contributed by atoms with Gasteiger partial charge in [-0.25, -0.2) is 9.97 Å². The number of nitrogens with zero attached hydrogens (tertiary/aromatic N) is 2. The van der Waals surface area contributed by atoms with Crippen LogP contribution in [-0.4, -0.2) is 23.6 Å². The van der Waals surface area contributed by atoms with E-state index in [2.05, 4.69) is 34.4 Å². The summed E-state index contributed by atoms with van der Waals surface area (Å²) in [7, 11) is 1.83. The zero-order chi connectivity index (χ0) is 12.1. The van der Waals surface area contributed by atoms with Crippen LogP contribution in [0.1, 0.15) is 19.8 Å². The fourth-order valence-electron chi connectivity index (χ4n) is 1.99. The molecule has 1 heterocycles. The topological polar surface area (TPSA) is 47.0 Å². The van der Waals surface area contributed by atoms with E-state index in [1.807, 2.05) is 13.1 Å². The summed E-state index contributed by atoms with van der Waals surface area (Å²) < 4.78 is 5.73. The number of anilines is 1. The van der Waals surface area contributed by atoms with Crippen LogP contribution in [0.4, 0.5) is 5.82 Å². The van der Waals surface area contributed by atoms with Crippen molar-refractivity contribution in [2.45, 2.75) is 19.8 Å². The second-order valence-corrected chi connectivity index (χ2v) is 4.48. The normalized spacial score (nSPS) is 23.4. The highest BCUT2D eigenvalue weighted by atomic mass is 16.5. The molecule has 0 bridgehead atoms. The van der Waals surface area contributed by atoms with Gasteiger partial charge in [-0.3, -0.25) is 0 Å². The number of allylic oxidation sites excluding steroid dienone is 2. The molecule has 92 valence electrons. The minimum Gasteiger partial charge on any atom is -0.477 e. The number of rotatable bonds is 4. The molecule has 0 saturated heterocycles. The van der Waals surface area contributed by atoms with Crippen LogP contribution < -0.4 is 10.1 Å². The van der Waals surface area contributed by atoms with E-state index in [0.717, 1.165) is 25.3 Å². The molecular weight excluding hydrogens is 214 g/mol. The first-order chi connectivity index (χ1) is 8.29. The molecule has 1 N–H and O–H groups in total. The molecule has 0 spiro atoms. The third-order valence-corrected chi connectivity index (χ3v) is 3.26. The van der Waals surface area contributed by atoms with Crippen molar-refractivity contribution < 1.29 is 4.74 Å². The second kappa shape index (κ2) is 5.66. The lowest BCUT2D eigenvalue weighted by Crippen LogP contribution is -2.21. The van der Waals surface area contributed by atoms with Crippen LogP contribution in [0.15, 0.2) is 24.5 Å². The van der Waals surface area contributed by atoms with Gasteiger partial charge in [-0.15, -0.1) is 0 Å². The minimum absolute atomic E-state index is 0.591.